The highest BCUT2D eigenvalue weighted by molar-refractivity contribution is 7.90. The van der Waals surface area contributed by atoms with Crippen molar-refractivity contribution < 1.29 is 23.1 Å². The van der Waals surface area contributed by atoms with Gasteiger partial charge in [0, 0.05) is 12.3 Å². The van der Waals surface area contributed by atoms with Crippen molar-refractivity contribution >= 4 is 21.7 Å². The quantitative estimate of drug-likeness (QED) is 0.786. The maximum Gasteiger partial charge on any atom is 0.308 e. The largest absolute Gasteiger partial charge is 0.481 e. The van der Waals surface area contributed by atoms with E-state index < -0.39 is 27.8 Å². The van der Waals surface area contributed by atoms with Gasteiger partial charge in [-0.15, -0.1) is 0 Å². The summed E-state index contributed by atoms with van der Waals surface area (Å²) in [5, 5.41) is 12.2. The number of aliphatic carboxylic acids is 1. The Hall–Kier alpha value is -1.89. The second-order valence-electron chi connectivity index (χ2n) is 6.31. The fourth-order valence-electron chi connectivity index (χ4n) is 3.22. The Morgan fingerprint density at radius 2 is 1.83 bits per heavy atom. The van der Waals surface area contributed by atoms with Crippen LogP contribution in [0.4, 0.5) is 0 Å². The zero-order valence-corrected chi connectivity index (χ0v) is 14.5. The van der Waals surface area contributed by atoms with Crippen molar-refractivity contribution in [3.63, 3.8) is 0 Å². The maximum atomic E-state index is 12.3. The van der Waals surface area contributed by atoms with Gasteiger partial charge < -0.3 is 10.4 Å². The molecule has 1 aliphatic rings. The number of sulfone groups is 1. The Morgan fingerprint density at radius 3 is 2.50 bits per heavy atom. The summed E-state index contributed by atoms with van der Waals surface area (Å²) in [5.74, 6) is -1.82. The topological polar surface area (TPSA) is 101 Å². The Kier molecular flexibility index (Phi) is 5.99. The molecule has 0 heterocycles. The van der Waals surface area contributed by atoms with Gasteiger partial charge in [-0.3, -0.25) is 9.59 Å². The molecule has 1 aliphatic carbocycles. The lowest BCUT2D eigenvalue weighted by Gasteiger charge is -2.23. The zero-order chi connectivity index (χ0) is 17.7. The molecule has 1 aromatic rings. The van der Waals surface area contributed by atoms with Gasteiger partial charge in [0.15, 0.2) is 9.84 Å². The standard InChI is InChI=1S/C17H23NO5S/c1-24(22,23)15-10-6-5-7-12(15)11-16(19)18-14-9-4-2-3-8-13(14)17(20)21/h5-7,10,13-14H,2-4,8-9,11H2,1H3,(H,18,19)(H,20,21)/t13-,14+/m1/s1. The Balaban J connectivity index is 2.12. The van der Waals surface area contributed by atoms with Crippen molar-refractivity contribution in [3.8, 4) is 0 Å². The average molecular weight is 353 g/mol. The number of rotatable bonds is 5. The van der Waals surface area contributed by atoms with E-state index in [9.17, 15) is 23.1 Å². The lowest BCUT2D eigenvalue weighted by atomic mass is 9.94. The lowest BCUT2D eigenvalue weighted by Crippen LogP contribution is -2.43. The van der Waals surface area contributed by atoms with Crippen LogP contribution in [0.2, 0.25) is 0 Å². The monoisotopic (exact) mass is 353 g/mol. The van der Waals surface area contributed by atoms with Crippen molar-refractivity contribution in [1.82, 2.24) is 5.32 Å². The molecule has 2 atom stereocenters. The van der Waals surface area contributed by atoms with E-state index >= 15 is 0 Å². The third kappa shape index (κ3) is 4.80. The minimum absolute atomic E-state index is 0.0773. The molecule has 0 bridgehead atoms. The normalized spacial score (nSPS) is 21.7. The predicted molar refractivity (Wildman–Crippen MR) is 89.4 cm³/mol. The molecule has 24 heavy (non-hydrogen) atoms. The van der Waals surface area contributed by atoms with Gasteiger partial charge in [0.05, 0.1) is 17.2 Å². The Labute approximate surface area is 142 Å². The van der Waals surface area contributed by atoms with E-state index in [1.165, 1.54) is 6.07 Å². The molecule has 0 saturated heterocycles. The van der Waals surface area contributed by atoms with Crippen LogP contribution in [-0.4, -0.2) is 37.7 Å². The Bertz CT molecular complexity index is 713. The van der Waals surface area contributed by atoms with E-state index in [-0.39, 0.29) is 17.2 Å². The van der Waals surface area contributed by atoms with Crippen LogP contribution in [0.15, 0.2) is 29.2 Å². The second kappa shape index (κ2) is 7.79. The molecular formula is C17H23NO5S. The molecule has 2 rings (SSSR count). The second-order valence-corrected chi connectivity index (χ2v) is 8.30. The number of nitrogens with one attached hydrogen (secondary N) is 1. The van der Waals surface area contributed by atoms with Crippen LogP contribution in [0.1, 0.15) is 37.7 Å². The summed E-state index contributed by atoms with van der Waals surface area (Å²) < 4.78 is 23.6. The minimum atomic E-state index is -3.42. The molecule has 0 unspecified atom stereocenters. The zero-order valence-electron chi connectivity index (χ0n) is 13.7. The van der Waals surface area contributed by atoms with Gasteiger partial charge in [-0.1, -0.05) is 37.5 Å². The third-order valence-electron chi connectivity index (χ3n) is 4.40. The number of carboxylic acid groups (broad SMARTS) is 1. The van der Waals surface area contributed by atoms with Gasteiger partial charge in [0.25, 0.3) is 0 Å². The SMILES string of the molecule is CS(=O)(=O)c1ccccc1CC(=O)N[C@H]1CCCCC[C@H]1C(=O)O. The number of hydrogen-bond acceptors (Lipinski definition) is 4. The van der Waals surface area contributed by atoms with Crippen LogP contribution < -0.4 is 5.32 Å². The van der Waals surface area contributed by atoms with Crippen molar-refractivity contribution in [1.29, 1.82) is 0 Å². The summed E-state index contributed by atoms with van der Waals surface area (Å²) in [7, 11) is -3.42. The highest BCUT2D eigenvalue weighted by Crippen LogP contribution is 2.24. The van der Waals surface area contributed by atoms with Crippen LogP contribution in [0.5, 0.6) is 0 Å². The van der Waals surface area contributed by atoms with Crippen molar-refractivity contribution in [3.05, 3.63) is 29.8 Å². The lowest BCUT2D eigenvalue weighted by molar-refractivity contribution is -0.143. The molecule has 0 aromatic heterocycles. The molecule has 7 heteroatoms. The molecule has 0 spiro atoms. The van der Waals surface area contributed by atoms with E-state index in [4.69, 9.17) is 0 Å². The van der Waals surface area contributed by atoms with Gasteiger partial charge in [-0.25, -0.2) is 8.42 Å². The fraction of sp³-hybridized carbons (Fsp3) is 0.529. The van der Waals surface area contributed by atoms with Crippen LogP contribution in [0, 0.1) is 5.92 Å². The van der Waals surface area contributed by atoms with Gasteiger partial charge >= 0.3 is 5.97 Å². The molecule has 6 nitrogen and oxygen atoms in total. The summed E-state index contributed by atoms with van der Waals surface area (Å²) in [6, 6.07) is 5.98. The van der Waals surface area contributed by atoms with E-state index in [1.54, 1.807) is 18.2 Å². The van der Waals surface area contributed by atoms with Crippen molar-refractivity contribution in [2.75, 3.05) is 6.26 Å². The molecule has 1 saturated carbocycles. The van der Waals surface area contributed by atoms with E-state index in [2.05, 4.69) is 5.32 Å². The molecule has 1 fully saturated rings. The highest BCUT2D eigenvalue weighted by Gasteiger charge is 2.30. The van der Waals surface area contributed by atoms with Crippen LogP contribution >= 0.6 is 0 Å². The van der Waals surface area contributed by atoms with Crippen molar-refractivity contribution in [2.24, 2.45) is 5.92 Å². The summed E-state index contributed by atoms with van der Waals surface area (Å²) in [6.45, 7) is 0. The molecule has 132 valence electrons. The van der Waals surface area contributed by atoms with E-state index in [0.29, 0.717) is 18.4 Å². The first kappa shape index (κ1) is 18.4. The van der Waals surface area contributed by atoms with Gasteiger partial charge in [0.1, 0.15) is 0 Å². The number of hydrogen-bond donors (Lipinski definition) is 2. The first-order valence-corrected chi connectivity index (χ1v) is 9.98. The molecule has 0 radical (unpaired) electrons. The van der Waals surface area contributed by atoms with Gasteiger partial charge in [0.2, 0.25) is 5.91 Å². The number of carbonyl (C=O) groups excluding carboxylic acids is 1. The van der Waals surface area contributed by atoms with Gasteiger partial charge in [-0.05, 0) is 24.5 Å². The fourth-order valence-corrected chi connectivity index (χ4v) is 4.16. The van der Waals surface area contributed by atoms with Gasteiger partial charge in [-0.2, -0.15) is 0 Å². The highest BCUT2D eigenvalue weighted by atomic mass is 32.2. The summed E-state index contributed by atoms with van der Waals surface area (Å²) >= 11 is 0. The van der Waals surface area contributed by atoms with Crippen LogP contribution in [-0.2, 0) is 25.8 Å². The molecular weight excluding hydrogens is 330 g/mol. The summed E-state index contributed by atoms with van der Waals surface area (Å²) in [4.78, 5) is 23.9. The van der Waals surface area contributed by atoms with Crippen molar-refractivity contribution in [2.45, 2.75) is 49.5 Å². The van der Waals surface area contributed by atoms with E-state index in [0.717, 1.165) is 25.5 Å². The predicted octanol–water partition coefficient (Wildman–Crippen LogP) is 1.78. The maximum absolute atomic E-state index is 12.3. The number of benzene rings is 1. The number of carboxylic acids is 1. The van der Waals surface area contributed by atoms with Crippen LogP contribution in [0.25, 0.3) is 0 Å². The molecule has 1 amide bonds. The number of carbonyl (C=O) groups is 2. The summed E-state index contributed by atoms with van der Waals surface area (Å²) in [5.41, 5.74) is 0.429. The minimum Gasteiger partial charge on any atom is -0.481 e. The Morgan fingerprint density at radius 1 is 1.17 bits per heavy atom. The molecule has 0 aliphatic heterocycles. The average Bonchev–Trinajstić information content (AvgIpc) is 2.72. The smallest absolute Gasteiger partial charge is 0.308 e. The van der Waals surface area contributed by atoms with E-state index in [1.807, 2.05) is 0 Å². The first-order valence-electron chi connectivity index (χ1n) is 8.09. The molecule has 2 N–H and O–H groups in total. The van der Waals surface area contributed by atoms with Crippen LogP contribution in [0.3, 0.4) is 0 Å². The number of amides is 1. The summed E-state index contributed by atoms with van der Waals surface area (Å²) in [6.07, 6.45) is 4.92. The third-order valence-corrected chi connectivity index (χ3v) is 5.60. The first-order chi connectivity index (χ1) is 11.3. The molecule has 1 aromatic carbocycles.